The molecule has 0 saturated carbocycles. The molecule has 0 aliphatic rings. The predicted octanol–water partition coefficient (Wildman–Crippen LogP) is 0.426. The fourth-order valence-corrected chi connectivity index (χ4v) is 1.55. The molecule has 1 aromatic rings. The molecule has 5 nitrogen and oxygen atoms in total. The molecule has 0 spiro atoms. The first-order valence-electron chi connectivity index (χ1n) is 5.64. The molecule has 100 valence electrons. The molecule has 0 fully saturated rings. The van der Waals surface area contributed by atoms with Gasteiger partial charge in [-0.1, -0.05) is 6.07 Å². The van der Waals surface area contributed by atoms with Crippen LogP contribution < -0.4 is 16.3 Å². The van der Waals surface area contributed by atoms with Crippen LogP contribution in [0.15, 0.2) is 18.2 Å². The maximum absolute atomic E-state index is 13.6. The highest BCUT2D eigenvalue weighted by atomic mass is 19.1. The second-order valence-corrected chi connectivity index (χ2v) is 3.96. The Morgan fingerprint density at radius 2 is 2.22 bits per heavy atom. The van der Waals surface area contributed by atoms with E-state index in [1.807, 2.05) is 0 Å². The zero-order valence-corrected chi connectivity index (χ0v) is 10.5. The second kappa shape index (κ2) is 6.32. The van der Waals surface area contributed by atoms with Gasteiger partial charge in [0.1, 0.15) is 0 Å². The van der Waals surface area contributed by atoms with Crippen molar-refractivity contribution in [2.45, 2.75) is 19.4 Å². The predicted molar refractivity (Wildman–Crippen MR) is 66.2 cm³/mol. The van der Waals surface area contributed by atoms with Gasteiger partial charge in [-0.15, -0.1) is 0 Å². The van der Waals surface area contributed by atoms with Crippen LogP contribution in [0.5, 0.6) is 5.75 Å². The van der Waals surface area contributed by atoms with E-state index in [2.05, 4.69) is 0 Å². The Hall–Kier alpha value is -1.66. The number of ether oxygens (including phenoxy) is 1. The lowest BCUT2D eigenvalue weighted by molar-refractivity contribution is -0.131. The standard InChI is InChI=1S/C12H18FN3O2/c1-3-18-11-5-4-8(6-9(11)13)7-10(14)12(17)16(2)15/h4-6,10H,3,7,14-15H2,1-2H3. The van der Waals surface area contributed by atoms with E-state index >= 15 is 0 Å². The summed E-state index contributed by atoms with van der Waals surface area (Å²) in [4.78, 5) is 11.5. The van der Waals surface area contributed by atoms with Crippen molar-refractivity contribution in [2.24, 2.45) is 11.6 Å². The summed E-state index contributed by atoms with van der Waals surface area (Å²) in [5, 5.41) is 0.926. The highest BCUT2D eigenvalue weighted by molar-refractivity contribution is 5.81. The van der Waals surface area contributed by atoms with Gasteiger partial charge in [-0.05, 0) is 31.0 Å². The van der Waals surface area contributed by atoms with Crippen LogP contribution in [0, 0.1) is 5.82 Å². The van der Waals surface area contributed by atoms with E-state index in [4.69, 9.17) is 16.3 Å². The molecule has 0 aromatic heterocycles. The third-order valence-electron chi connectivity index (χ3n) is 2.42. The molecule has 1 unspecified atom stereocenters. The number of hydrazine groups is 1. The fourth-order valence-electron chi connectivity index (χ4n) is 1.55. The van der Waals surface area contributed by atoms with E-state index in [9.17, 15) is 9.18 Å². The van der Waals surface area contributed by atoms with Crippen LogP contribution in [0.25, 0.3) is 0 Å². The maximum atomic E-state index is 13.6. The molecule has 0 aliphatic carbocycles. The first-order chi connectivity index (χ1) is 8.45. The molecule has 1 rings (SSSR count). The van der Waals surface area contributed by atoms with E-state index in [1.54, 1.807) is 13.0 Å². The Kier molecular flexibility index (Phi) is 5.06. The summed E-state index contributed by atoms with van der Waals surface area (Å²) >= 11 is 0. The van der Waals surface area contributed by atoms with Crippen LogP contribution >= 0.6 is 0 Å². The van der Waals surface area contributed by atoms with Gasteiger partial charge in [-0.3, -0.25) is 9.80 Å². The Morgan fingerprint density at radius 1 is 1.56 bits per heavy atom. The van der Waals surface area contributed by atoms with Crippen LogP contribution in [0.4, 0.5) is 4.39 Å². The van der Waals surface area contributed by atoms with E-state index in [0.717, 1.165) is 5.01 Å². The van der Waals surface area contributed by atoms with Gasteiger partial charge in [0, 0.05) is 7.05 Å². The average molecular weight is 255 g/mol. The summed E-state index contributed by atoms with van der Waals surface area (Å²) in [6.07, 6.45) is 0.226. The van der Waals surface area contributed by atoms with Crippen molar-refractivity contribution >= 4 is 5.91 Å². The molecular weight excluding hydrogens is 237 g/mol. The summed E-state index contributed by atoms with van der Waals surface area (Å²) in [5.41, 5.74) is 6.30. The fraction of sp³-hybridized carbons (Fsp3) is 0.417. The minimum atomic E-state index is -0.780. The third kappa shape index (κ3) is 3.68. The van der Waals surface area contributed by atoms with Gasteiger partial charge in [0.2, 0.25) is 0 Å². The minimum absolute atomic E-state index is 0.192. The van der Waals surface area contributed by atoms with Gasteiger partial charge in [-0.25, -0.2) is 10.2 Å². The zero-order valence-electron chi connectivity index (χ0n) is 10.5. The number of carbonyl (C=O) groups is 1. The summed E-state index contributed by atoms with van der Waals surface area (Å²) < 4.78 is 18.6. The lowest BCUT2D eigenvalue weighted by Crippen LogP contribution is -2.46. The molecule has 4 N–H and O–H groups in total. The Morgan fingerprint density at radius 3 is 2.72 bits per heavy atom. The van der Waals surface area contributed by atoms with E-state index in [1.165, 1.54) is 19.2 Å². The minimum Gasteiger partial charge on any atom is -0.491 e. The molecule has 1 atom stereocenters. The van der Waals surface area contributed by atoms with Crippen molar-refractivity contribution in [1.29, 1.82) is 0 Å². The first-order valence-corrected chi connectivity index (χ1v) is 5.64. The molecule has 0 radical (unpaired) electrons. The second-order valence-electron chi connectivity index (χ2n) is 3.96. The number of benzene rings is 1. The topological polar surface area (TPSA) is 81.6 Å². The number of nitrogens with zero attached hydrogens (tertiary/aromatic N) is 1. The maximum Gasteiger partial charge on any atom is 0.253 e. The van der Waals surface area contributed by atoms with E-state index in [0.29, 0.717) is 12.2 Å². The number of rotatable bonds is 5. The zero-order chi connectivity index (χ0) is 13.7. The van der Waals surface area contributed by atoms with E-state index in [-0.39, 0.29) is 12.2 Å². The molecule has 0 heterocycles. The number of likely N-dealkylation sites (N-methyl/N-ethyl adjacent to an activating group) is 1. The number of halogens is 1. The number of carbonyl (C=O) groups excluding carboxylic acids is 1. The lowest BCUT2D eigenvalue weighted by Gasteiger charge is -2.16. The Balaban J connectivity index is 2.74. The quantitative estimate of drug-likeness (QED) is 0.454. The van der Waals surface area contributed by atoms with Crippen molar-refractivity contribution < 1.29 is 13.9 Å². The lowest BCUT2D eigenvalue weighted by atomic mass is 10.1. The smallest absolute Gasteiger partial charge is 0.253 e. The molecular formula is C12H18FN3O2. The molecule has 0 bridgehead atoms. The first kappa shape index (κ1) is 14.4. The van der Waals surface area contributed by atoms with Gasteiger partial charge in [-0.2, -0.15) is 0 Å². The number of hydrogen-bond donors (Lipinski definition) is 2. The molecule has 1 amide bonds. The molecule has 0 saturated heterocycles. The van der Waals surface area contributed by atoms with Crippen LogP contribution in [0.1, 0.15) is 12.5 Å². The van der Waals surface area contributed by atoms with Crippen LogP contribution in [-0.4, -0.2) is 30.6 Å². The molecule has 6 heteroatoms. The SMILES string of the molecule is CCOc1ccc(CC(N)C(=O)N(C)N)cc1F. The van der Waals surface area contributed by atoms with Gasteiger partial charge in [0.15, 0.2) is 11.6 Å². The van der Waals surface area contributed by atoms with Crippen molar-refractivity contribution in [1.82, 2.24) is 5.01 Å². The van der Waals surface area contributed by atoms with Crippen molar-refractivity contribution in [3.05, 3.63) is 29.6 Å². The van der Waals surface area contributed by atoms with Crippen LogP contribution in [-0.2, 0) is 11.2 Å². The van der Waals surface area contributed by atoms with Crippen molar-refractivity contribution in [3.8, 4) is 5.75 Å². The van der Waals surface area contributed by atoms with Crippen molar-refractivity contribution in [3.63, 3.8) is 0 Å². The van der Waals surface area contributed by atoms with Crippen LogP contribution in [0.3, 0.4) is 0 Å². The molecule has 18 heavy (non-hydrogen) atoms. The van der Waals surface area contributed by atoms with Gasteiger partial charge < -0.3 is 10.5 Å². The highest BCUT2D eigenvalue weighted by Gasteiger charge is 2.17. The number of nitrogens with two attached hydrogens (primary N) is 2. The number of hydrogen-bond acceptors (Lipinski definition) is 4. The number of amides is 1. The van der Waals surface area contributed by atoms with Crippen molar-refractivity contribution in [2.75, 3.05) is 13.7 Å². The summed E-state index contributed by atoms with van der Waals surface area (Å²) in [6.45, 7) is 2.17. The Labute approximate surface area is 105 Å². The van der Waals surface area contributed by atoms with E-state index < -0.39 is 17.8 Å². The largest absolute Gasteiger partial charge is 0.491 e. The monoisotopic (exact) mass is 255 g/mol. The summed E-state index contributed by atoms with van der Waals surface area (Å²) in [5.74, 6) is 4.62. The summed E-state index contributed by atoms with van der Waals surface area (Å²) in [7, 11) is 1.42. The van der Waals surface area contributed by atoms with Gasteiger partial charge in [0.05, 0.1) is 12.6 Å². The Bertz CT molecular complexity index is 424. The highest BCUT2D eigenvalue weighted by Crippen LogP contribution is 2.19. The van der Waals surface area contributed by atoms with Crippen LogP contribution in [0.2, 0.25) is 0 Å². The third-order valence-corrected chi connectivity index (χ3v) is 2.42. The van der Waals surface area contributed by atoms with Gasteiger partial charge in [0.25, 0.3) is 5.91 Å². The normalized spacial score (nSPS) is 12.1. The molecule has 1 aromatic carbocycles. The van der Waals surface area contributed by atoms with Gasteiger partial charge >= 0.3 is 0 Å². The summed E-state index contributed by atoms with van der Waals surface area (Å²) in [6, 6.07) is 3.74. The average Bonchev–Trinajstić information content (AvgIpc) is 2.31. The molecule has 0 aliphatic heterocycles.